The minimum absolute atomic E-state index is 0.0375. The van der Waals surface area contributed by atoms with E-state index in [1.165, 1.54) is 22.7 Å². The summed E-state index contributed by atoms with van der Waals surface area (Å²) in [6.07, 6.45) is 0.0375. The second kappa shape index (κ2) is 9.17. The molecule has 10 heteroatoms. The molecule has 3 aromatic rings. The van der Waals surface area contributed by atoms with E-state index in [2.05, 4.69) is 15.6 Å². The molecule has 29 heavy (non-hydrogen) atoms. The van der Waals surface area contributed by atoms with Crippen LogP contribution >= 0.6 is 34.3 Å². The van der Waals surface area contributed by atoms with Crippen LogP contribution in [-0.4, -0.2) is 29.3 Å². The van der Waals surface area contributed by atoms with Gasteiger partial charge in [0.1, 0.15) is 9.88 Å². The monoisotopic (exact) mass is 448 g/mol. The van der Waals surface area contributed by atoms with Crippen LogP contribution in [0.2, 0.25) is 4.34 Å². The molecule has 0 aliphatic carbocycles. The van der Waals surface area contributed by atoms with Crippen molar-refractivity contribution in [3.63, 3.8) is 0 Å². The van der Waals surface area contributed by atoms with Crippen LogP contribution in [0.25, 0.3) is 9.88 Å². The number of thiophene rings is 1. The number of carbonyl (C=O) groups excluding carboxylic acids is 3. The number of aromatic nitrogens is 1. The van der Waals surface area contributed by atoms with Crippen molar-refractivity contribution in [1.82, 2.24) is 10.3 Å². The van der Waals surface area contributed by atoms with Crippen molar-refractivity contribution in [1.29, 1.82) is 0 Å². The molecule has 7 nitrogen and oxygen atoms in total. The number of para-hydroxylation sites is 1. The Morgan fingerprint density at radius 2 is 1.86 bits per heavy atom. The molecule has 2 aromatic heterocycles. The zero-order valence-electron chi connectivity index (χ0n) is 15.3. The topological polar surface area (TPSA) is 114 Å². The fourth-order valence-electron chi connectivity index (χ4n) is 2.51. The van der Waals surface area contributed by atoms with Crippen LogP contribution in [-0.2, 0) is 4.79 Å². The Hall–Kier alpha value is -2.75. The predicted octanol–water partition coefficient (Wildman–Crippen LogP) is 3.69. The number of anilines is 1. The van der Waals surface area contributed by atoms with E-state index in [9.17, 15) is 14.4 Å². The first-order valence-corrected chi connectivity index (χ1v) is 10.6. The molecule has 0 radical (unpaired) electrons. The summed E-state index contributed by atoms with van der Waals surface area (Å²) in [5.74, 6) is -1.27. The molecule has 0 aliphatic rings. The predicted molar refractivity (Wildman–Crippen MR) is 116 cm³/mol. The van der Waals surface area contributed by atoms with Crippen molar-refractivity contribution in [3.8, 4) is 9.88 Å². The first kappa shape index (κ1) is 21.0. The molecular formula is C19H17ClN4O3S2. The maximum atomic E-state index is 12.8. The highest BCUT2D eigenvalue weighted by atomic mass is 35.5. The van der Waals surface area contributed by atoms with E-state index < -0.39 is 11.8 Å². The number of rotatable bonds is 7. The molecule has 0 atom stereocenters. The summed E-state index contributed by atoms with van der Waals surface area (Å²) >= 11 is 8.63. The molecular weight excluding hydrogens is 432 g/mol. The third-order valence-electron chi connectivity index (χ3n) is 3.86. The highest BCUT2D eigenvalue weighted by molar-refractivity contribution is 7.24. The Morgan fingerprint density at radius 3 is 2.55 bits per heavy atom. The van der Waals surface area contributed by atoms with Gasteiger partial charge in [-0.3, -0.25) is 14.4 Å². The molecule has 0 unspecified atom stereocenters. The van der Waals surface area contributed by atoms with Gasteiger partial charge >= 0.3 is 0 Å². The Morgan fingerprint density at radius 1 is 1.10 bits per heavy atom. The summed E-state index contributed by atoms with van der Waals surface area (Å²) in [4.78, 5) is 41.8. The van der Waals surface area contributed by atoms with Crippen LogP contribution < -0.4 is 16.4 Å². The molecule has 0 saturated heterocycles. The molecule has 1 aromatic carbocycles. The number of benzene rings is 1. The molecule has 3 amide bonds. The summed E-state index contributed by atoms with van der Waals surface area (Å²) in [5, 5.41) is 6.10. The van der Waals surface area contributed by atoms with E-state index >= 15 is 0 Å². The van der Waals surface area contributed by atoms with Crippen LogP contribution in [0, 0.1) is 6.92 Å². The highest BCUT2D eigenvalue weighted by Gasteiger charge is 2.19. The number of carbonyl (C=O) groups is 3. The van der Waals surface area contributed by atoms with Crippen molar-refractivity contribution in [2.24, 2.45) is 5.73 Å². The van der Waals surface area contributed by atoms with Crippen LogP contribution in [0.15, 0.2) is 36.4 Å². The number of hydrogen-bond acceptors (Lipinski definition) is 6. The summed E-state index contributed by atoms with van der Waals surface area (Å²) in [7, 11) is 0. The number of aryl methyl sites for hydroxylation is 1. The highest BCUT2D eigenvalue weighted by Crippen LogP contribution is 2.35. The lowest BCUT2D eigenvalue weighted by Gasteiger charge is -2.10. The lowest BCUT2D eigenvalue weighted by atomic mass is 10.1. The van der Waals surface area contributed by atoms with Crippen molar-refractivity contribution >= 4 is 57.7 Å². The molecule has 0 aliphatic heterocycles. The van der Waals surface area contributed by atoms with E-state index in [4.69, 9.17) is 17.3 Å². The van der Waals surface area contributed by atoms with Gasteiger partial charge in [0.2, 0.25) is 5.91 Å². The van der Waals surface area contributed by atoms with Gasteiger partial charge < -0.3 is 16.4 Å². The number of hydrogen-bond donors (Lipinski definition) is 3. The summed E-state index contributed by atoms with van der Waals surface area (Å²) in [6, 6.07) is 10.3. The Balaban J connectivity index is 1.77. The maximum absolute atomic E-state index is 12.8. The first-order valence-electron chi connectivity index (χ1n) is 8.55. The second-order valence-electron chi connectivity index (χ2n) is 6.01. The number of primary amides is 1. The van der Waals surface area contributed by atoms with Gasteiger partial charge in [-0.25, -0.2) is 4.98 Å². The van der Waals surface area contributed by atoms with Gasteiger partial charge in [0.25, 0.3) is 11.8 Å². The van der Waals surface area contributed by atoms with Gasteiger partial charge in [0.15, 0.2) is 0 Å². The van der Waals surface area contributed by atoms with Crippen molar-refractivity contribution in [3.05, 3.63) is 56.9 Å². The summed E-state index contributed by atoms with van der Waals surface area (Å²) in [6.45, 7) is 1.88. The van der Waals surface area contributed by atoms with Crippen molar-refractivity contribution < 1.29 is 14.4 Å². The number of halogens is 1. The minimum Gasteiger partial charge on any atom is -0.370 e. The average Bonchev–Trinajstić information content (AvgIpc) is 3.27. The lowest BCUT2D eigenvalue weighted by Crippen LogP contribution is -2.28. The van der Waals surface area contributed by atoms with E-state index in [1.54, 1.807) is 37.3 Å². The zero-order chi connectivity index (χ0) is 21.0. The van der Waals surface area contributed by atoms with Gasteiger partial charge in [-0.2, -0.15) is 0 Å². The smallest absolute Gasteiger partial charge is 0.267 e. The van der Waals surface area contributed by atoms with Crippen LogP contribution in [0.5, 0.6) is 0 Å². The zero-order valence-corrected chi connectivity index (χ0v) is 17.7. The van der Waals surface area contributed by atoms with Crippen LogP contribution in [0.4, 0.5) is 5.69 Å². The van der Waals surface area contributed by atoms with Gasteiger partial charge in [-0.15, -0.1) is 22.7 Å². The molecule has 0 saturated carbocycles. The van der Waals surface area contributed by atoms with Gasteiger partial charge in [0.05, 0.1) is 26.2 Å². The Kier molecular flexibility index (Phi) is 6.63. The molecule has 150 valence electrons. The Bertz CT molecular complexity index is 1080. The van der Waals surface area contributed by atoms with Crippen molar-refractivity contribution in [2.45, 2.75) is 13.3 Å². The SMILES string of the molecule is Cc1nc(-c2ccc(Cl)s2)sc1C(=O)Nc1ccccc1C(=O)NCCC(N)=O. The van der Waals surface area contributed by atoms with Crippen molar-refractivity contribution in [2.75, 3.05) is 11.9 Å². The molecule has 2 heterocycles. The van der Waals surface area contributed by atoms with Crippen LogP contribution in [0.3, 0.4) is 0 Å². The third kappa shape index (κ3) is 5.20. The lowest BCUT2D eigenvalue weighted by molar-refractivity contribution is -0.117. The molecule has 0 bridgehead atoms. The van der Waals surface area contributed by atoms with Gasteiger partial charge in [-0.05, 0) is 31.2 Å². The molecule has 4 N–H and O–H groups in total. The largest absolute Gasteiger partial charge is 0.370 e. The normalized spacial score (nSPS) is 10.6. The second-order valence-corrected chi connectivity index (χ2v) is 8.72. The van der Waals surface area contributed by atoms with Gasteiger partial charge in [-0.1, -0.05) is 23.7 Å². The number of nitrogens with zero attached hydrogens (tertiary/aromatic N) is 1. The fraction of sp³-hybridized carbons (Fsp3) is 0.158. The molecule has 0 spiro atoms. The van der Waals surface area contributed by atoms with E-state index in [0.717, 1.165) is 4.88 Å². The van der Waals surface area contributed by atoms with E-state index in [-0.39, 0.29) is 24.4 Å². The standard InChI is InChI=1S/C19H17ClN4O3S2/c1-10-16(29-19(23-10)13-6-7-14(20)28-13)18(27)24-12-5-3-2-4-11(12)17(26)22-9-8-15(21)25/h2-7H,8-9H2,1H3,(H2,21,25)(H,22,26)(H,24,27). The molecule has 0 fully saturated rings. The van der Waals surface area contributed by atoms with E-state index in [0.29, 0.717) is 25.6 Å². The minimum atomic E-state index is -0.504. The summed E-state index contributed by atoms with van der Waals surface area (Å²) < 4.78 is 0.648. The summed E-state index contributed by atoms with van der Waals surface area (Å²) in [5.41, 5.74) is 6.32. The number of nitrogens with one attached hydrogen (secondary N) is 2. The fourth-order valence-corrected chi connectivity index (χ4v) is 4.56. The Labute approximate surface area is 179 Å². The third-order valence-corrected chi connectivity index (χ3v) is 6.42. The van der Waals surface area contributed by atoms with Gasteiger partial charge in [0, 0.05) is 13.0 Å². The van der Waals surface area contributed by atoms with Crippen LogP contribution in [0.1, 0.15) is 32.1 Å². The molecule has 3 rings (SSSR count). The quantitative estimate of drug-likeness (QED) is 0.511. The van der Waals surface area contributed by atoms with E-state index in [1.807, 2.05) is 6.07 Å². The number of nitrogens with two attached hydrogens (primary N) is 1. The number of amides is 3. The number of thiazole rings is 1. The first-order chi connectivity index (χ1) is 13.8. The maximum Gasteiger partial charge on any atom is 0.267 e. The average molecular weight is 449 g/mol.